The van der Waals surface area contributed by atoms with Gasteiger partial charge in [0.25, 0.3) is 5.91 Å². The first-order valence-corrected chi connectivity index (χ1v) is 8.04. The Bertz CT molecular complexity index is 430. The molecule has 20 heavy (non-hydrogen) atoms. The van der Waals surface area contributed by atoms with Crippen LogP contribution in [0.1, 0.15) is 23.2 Å². The predicted octanol–water partition coefficient (Wildman–Crippen LogP) is 2.68. The molecule has 0 bridgehead atoms. The first kappa shape index (κ1) is 17.9. The Balaban J connectivity index is 0.00000200. The van der Waals surface area contributed by atoms with Crippen LogP contribution in [0.3, 0.4) is 0 Å². The zero-order valence-corrected chi connectivity index (χ0v) is 14.6. The topological polar surface area (TPSA) is 50.4 Å². The Kier molecular flexibility index (Phi) is 7.47. The minimum atomic E-state index is -0.00374. The summed E-state index contributed by atoms with van der Waals surface area (Å²) in [5, 5.41) is 8.26. The summed E-state index contributed by atoms with van der Waals surface area (Å²) in [5.74, 6) is -0.00374. The van der Waals surface area contributed by atoms with E-state index in [1.54, 1.807) is 7.11 Å². The molecule has 0 aliphatic carbocycles. The maximum atomic E-state index is 12.1. The first-order valence-electron chi connectivity index (χ1n) is 6.37. The van der Waals surface area contributed by atoms with E-state index in [2.05, 4.69) is 26.6 Å². The van der Waals surface area contributed by atoms with Crippen molar-refractivity contribution >= 4 is 45.6 Å². The van der Waals surface area contributed by atoms with Gasteiger partial charge >= 0.3 is 0 Å². The molecule has 0 spiro atoms. The number of ether oxygens (including phenoxy) is 1. The van der Waals surface area contributed by atoms with Gasteiger partial charge in [0.1, 0.15) is 0 Å². The van der Waals surface area contributed by atoms with Crippen molar-refractivity contribution < 1.29 is 9.53 Å². The maximum absolute atomic E-state index is 12.1. The van der Waals surface area contributed by atoms with Crippen molar-refractivity contribution in [3.63, 3.8) is 0 Å². The second kappa shape index (κ2) is 8.34. The third-order valence-corrected chi connectivity index (χ3v) is 5.07. The smallest absolute Gasteiger partial charge is 0.252 e. The molecule has 2 rings (SSSR count). The van der Waals surface area contributed by atoms with Crippen LogP contribution in [0.5, 0.6) is 0 Å². The molecular weight excluding hydrogens is 364 g/mol. The van der Waals surface area contributed by atoms with Crippen LogP contribution in [-0.2, 0) is 4.74 Å². The van der Waals surface area contributed by atoms with Gasteiger partial charge in [0, 0.05) is 24.4 Å². The van der Waals surface area contributed by atoms with E-state index >= 15 is 0 Å². The number of thiophene rings is 1. The molecule has 1 aliphatic rings. The van der Waals surface area contributed by atoms with Gasteiger partial charge in [-0.15, -0.1) is 23.7 Å². The average Bonchev–Trinajstić information content (AvgIpc) is 2.84. The highest BCUT2D eigenvalue weighted by molar-refractivity contribution is 9.11. The molecular formula is C13H20BrClN2O2S. The summed E-state index contributed by atoms with van der Waals surface area (Å²) in [6.07, 6.45) is 2.07. The third kappa shape index (κ3) is 4.70. The van der Waals surface area contributed by atoms with E-state index in [1.807, 2.05) is 11.4 Å². The molecule has 0 radical (unpaired) electrons. The molecule has 4 nitrogen and oxygen atoms in total. The zero-order valence-electron chi connectivity index (χ0n) is 11.4. The van der Waals surface area contributed by atoms with Gasteiger partial charge in [-0.2, -0.15) is 0 Å². The number of nitrogens with one attached hydrogen (secondary N) is 2. The second-order valence-corrected chi connectivity index (χ2v) is 7.30. The number of hydrogen-bond donors (Lipinski definition) is 2. The molecule has 0 unspecified atom stereocenters. The Morgan fingerprint density at radius 3 is 2.80 bits per heavy atom. The SMILES string of the molecule is COCC1(CNC(=O)c2csc(Br)c2)CCNCC1.Cl. The minimum absolute atomic E-state index is 0. The largest absolute Gasteiger partial charge is 0.384 e. The molecule has 114 valence electrons. The second-order valence-electron chi connectivity index (χ2n) is 5.01. The molecule has 1 aromatic rings. The molecule has 2 N–H and O–H groups in total. The lowest BCUT2D eigenvalue weighted by atomic mass is 9.79. The fraction of sp³-hybridized carbons (Fsp3) is 0.615. The van der Waals surface area contributed by atoms with Crippen molar-refractivity contribution in [3.8, 4) is 0 Å². The van der Waals surface area contributed by atoms with Crippen molar-refractivity contribution in [2.24, 2.45) is 5.41 Å². The molecule has 0 saturated carbocycles. The van der Waals surface area contributed by atoms with E-state index in [4.69, 9.17) is 4.74 Å². The van der Waals surface area contributed by atoms with Gasteiger partial charge < -0.3 is 15.4 Å². The Morgan fingerprint density at radius 1 is 1.55 bits per heavy atom. The number of carbonyl (C=O) groups is 1. The highest BCUT2D eigenvalue weighted by atomic mass is 79.9. The van der Waals surface area contributed by atoms with Crippen LogP contribution in [0.4, 0.5) is 0 Å². The Hall–Kier alpha value is -0.140. The molecule has 1 aliphatic heterocycles. The monoisotopic (exact) mass is 382 g/mol. The van der Waals surface area contributed by atoms with E-state index in [1.165, 1.54) is 11.3 Å². The Labute approximate surface area is 138 Å². The summed E-state index contributed by atoms with van der Waals surface area (Å²) >= 11 is 4.90. The van der Waals surface area contributed by atoms with Gasteiger partial charge in [0.2, 0.25) is 0 Å². The fourth-order valence-corrected chi connectivity index (χ4v) is 3.57. The van der Waals surface area contributed by atoms with Crippen LogP contribution < -0.4 is 10.6 Å². The average molecular weight is 384 g/mol. The quantitative estimate of drug-likeness (QED) is 0.822. The maximum Gasteiger partial charge on any atom is 0.252 e. The van der Waals surface area contributed by atoms with E-state index < -0.39 is 0 Å². The predicted molar refractivity (Wildman–Crippen MR) is 88.0 cm³/mol. The van der Waals surface area contributed by atoms with E-state index in [0.717, 1.165) is 35.3 Å². The van der Waals surface area contributed by atoms with E-state index in [-0.39, 0.29) is 23.7 Å². The molecule has 0 atom stereocenters. The Morgan fingerprint density at radius 2 is 2.25 bits per heavy atom. The molecule has 1 amide bonds. The van der Waals surface area contributed by atoms with E-state index in [0.29, 0.717) is 13.2 Å². The summed E-state index contributed by atoms with van der Waals surface area (Å²) in [4.78, 5) is 12.1. The molecule has 0 aromatic carbocycles. The summed E-state index contributed by atoms with van der Waals surface area (Å²) < 4.78 is 6.32. The van der Waals surface area contributed by atoms with Crippen LogP contribution in [0.15, 0.2) is 15.2 Å². The number of hydrogen-bond acceptors (Lipinski definition) is 4. The van der Waals surface area contributed by atoms with Gasteiger partial charge in [0.05, 0.1) is 16.0 Å². The van der Waals surface area contributed by atoms with Gasteiger partial charge in [-0.05, 0) is 47.9 Å². The van der Waals surface area contributed by atoms with Crippen LogP contribution in [0, 0.1) is 5.41 Å². The number of carbonyl (C=O) groups excluding carboxylic acids is 1. The number of piperidine rings is 1. The van der Waals surface area contributed by atoms with Crippen molar-refractivity contribution in [2.75, 3.05) is 33.4 Å². The lowest BCUT2D eigenvalue weighted by molar-refractivity contribution is 0.0512. The van der Waals surface area contributed by atoms with Gasteiger partial charge in [-0.25, -0.2) is 0 Å². The van der Waals surface area contributed by atoms with Crippen LogP contribution >= 0.6 is 39.7 Å². The summed E-state index contributed by atoms with van der Waals surface area (Å²) in [5.41, 5.74) is 0.793. The van der Waals surface area contributed by atoms with E-state index in [9.17, 15) is 4.79 Å². The van der Waals surface area contributed by atoms with Crippen molar-refractivity contribution in [1.29, 1.82) is 0 Å². The standard InChI is InChI=1S/C13H19BrN2O2S.ClH/c1-18-9-13(2-4-15-5-3-13)8-16-12(17)10-6-11(14)19-7-10;/h6-7,15H,2-5,8-9H2,1H3,(H,16,17);1H. The third-order valence-electron chi connectivity index (χ3n) is 3.57. The van der Waals surface area contributed by atoms with Crippen LogP contribution in [0.25, 0.3) is 0 Å². The van der Waals surface area contributed by atoms with Crippen LogP contribution in [-0.4, -0.2) is 39.3 Å². The molecule has 1 saturated heterocycles. The van der Waals surface area contributed by atoms with Crippen molar-refractivity contribution in [1.82, 2.24) is 10.6 Å². The summed E-state index contributed by atoms with van der Waals surface area (Å²) in [6, 6.07) is 1.85. The van der Waals surface area contributed by atoms with Crippen molar-refractivity contribution in [3.05, 3.63) is 20.8 Å². The van der Waals surface area contributed by atoms with Crippen molar-refractivity contribution in [2.45, 2.75) is 12.8 Å². The first-order chi connectivity index (χ1) is 9.15. The summed E-state index contributed by atoms with van der Waals surface area (Å²) in [7, 11) is 1.72. The molecule has 1 aromatic heterocycles. The number of rotatable bonds is 5. The minimum Gasteiger partial charge on any atom is -0.384 e. The molecule has 7 heteroatoms. The van der Waals surface area contributed by atoms with Gasteiger partial charge in [-0.1, -0.05) is 0 Å². The number of amides is 1. The highest BCUT2D eigenvalue weighted by Gasteiger charge is 2.32. The van der Waals surface area contributed by atoms with Crippen LogP contribution in [0.2, 0.25) is 0 Å². The van der Waals surface area contributed by atoms with Gasteiger partial charge in [-0.3, -0.25) is 4.79 Å². The zero-order chi connectivity index (χ0) is 13.7. The van der Waals surface area contributed by atoms with Gasteiger partial charge in [0.15, 0.2) is 0 Å². The number of methoxy groups -OCH3 is 1. The lowest BCUT2D eigenvalue weighted by Gasteiger charge is -2.37. The number of halogens is 2. The molecule has 2 heterocycles. The highest BCUT2D eigenvalue weighted by Crippen LogP contribution is 2.28. The summed E-state index contributed by atoms with van der Waals surface area (Å²) in [6.45, 7) is 3.35. The lowest BCUT2D eigenvalue weighted by Crippen LogP contribution is -2.47. The fourth-order valence-electron chi connectivity index (χ4n) is 2.43. The normalized spacial score (nSPS) is 17.3. The molecule has 1 fully saturated rings.